The van der Waals surface area contributed by atoms with Gasteiger partial charge in [0.05, 0.1) is 17.0 Å². The molecule has 22 heavy (non-hydrogen) atoms. The van der Waals surface area contributed by atoms with Crippen molar-refractivity contribution in [3.05, 3.63) is 34.1 Å². The second-order valence-electron chi connectivity index (χ2n) is 6.15. The first-order valence-corrected chi connectivity index (χ1v) is 6.84. The molecular formula is C14H18FN3O4. The van der Waals surface area contributed by atoms with Crippen LogP contribution in [0, 0.1) is 15.9 Å². The molecule has 0 unspecified atom stereocenters. The van der Waals surface area contributed by atoms with E-state index in [0.29, 0.717) is 13.1 Å². The molecule has 1 aliphatic rings. The molecule has 120 valence electrons. The van der Waals surface area contributed by atoms with Crippen LogP contribution in [-0.4, -0.2) is 40.6 Å². The Labute approximate surface area is 127 Å². The summed E-state index contributed by atoms with van der Waals surface area (Å²) in [6, 6.07) is 3.22. The Kier molecular flexibility index (Phi) is 4.20. The van der Waals surface area contributed by atoms with Gasteiger partial charge >= 0.3 is 6.09 Å². The molecule has 0 spiro atoms. The number of nitro benzene ring substituents is 1. The molecule has 1 saturated heterocycles. The number of anilines is 1. The van der Waals surface area contributed by atoms with Crippen LogP contribution >= 0.6 is 0 Å². The van der Waals surface area contributed by atoms with Gasteiger partial charge in [-0.2, -0.15) is 0 Å². The highest BCUT2D eigenvalue weighted by Gasteiger charge is 2.34. The highest BCUT2D eigenvalue weighted by atomic mass is 19.1. The van der Waals surface area contributed by atoms with E-state index in [-0.39, 0.29) is 17.4 Å². The number of likely N-dealkylation sites (tertiary alicyclic amines) is 1. The van der Waals surface area contributed by atoms with Crippen LogP contribution in [0.2, 0.25) is 0 Å². The molecule has 1 heterocycles. The van der Waals surface area contributed by atoms with Crippen molar-refractivity contribution in [3.63, 3.8) is 0 Å². The Balaban J connectivity index is 1.93. The van der Waals surface area contributed by atoms with Gasteiger partial charge in [0.2, 0.25) is 0 Å². The standard InChI is InChI=1S/C14H18FN3O4/c1-14(2,3)22-13(19)17-7-10(8-17)16-11-5-4-9(15)6-12(11)18(20)21/h4-6,10,16H,7-8H2,1-3H3. The number of rotatable bonds is 3. The van der Waals surface area contributed by atoms with Crippen LogP contribution in [0.5, 0.6) is 0 Å². The third kappa shape index (κ3) is 3.84. The number of carbonyl (C=O) groups is 1. The normalized spacial score (nSPS) is 15.2. The summed E-state index contributed by atoms with van der Waals surface area (Å²) in [5.74, 6) is -0.666. The molecule has 0 saturated carbocycles. The lowest BCUT2D eigenvalue weighted by molar-refractivity contribution is -0.384. The minimum Gasteiger partial charge on any atom is -0.444 e. The summed E-state index contributed by atoms with van der Waals surface area (Å²) in [5, 5.41) is 13.9. The molecule has 1 fully saturated rings. The van der Waals surface area contributed by atoms with E-state index in [1.54, 1.807) is 20.8 Å². The number of nitro groups is 1. The summed E-state index contributed by atoms with van der Waals surface area (Å²) >= 11 is 0. The molecule has 0 aromatic heterocycles. The summed E-state index contributed by atoms with van der Waals surface area (Å²) in [6.07, 6.45) is -0.417. The monoisotopic (exact) mass is 311 g/mol. The van der Waals surface area contributed by atoms with E-state index in [1.807, 2.05) is 0 Å². The van der Waals surface area contributed by atoms with E-state index >= 15 is 0 Å². The van der Waals surface area contributed by atoms with Crippen LogP contribution in [0.15, 0.2) is 18.2 Å². The van der Waals surface area contributed by atoms with Crippen molar-refractivity contribution < 1.29 is 18.8 Å². The Morgan fingerprint density at radius 3 is 2.64 bits per heavy atom. The van der Waals surface area contributed by atoms with E-state index in [9.17, 15) is 19.3 Å². The Hall–Kier alpha value is -2.38. The van der Waals surface area contributed by atoms with E-state index in [1.165, 1.54) is 11.0 Å². The first-order chi connectivity index (χ1) is 10.2. The van der Waals surface area contributed by atoms with Crippen molar-refractivity contribution in [3.8, 4) is 0 Å². The molecule has 1 aromatic carbocycles. The fourth-order valence-electron chi connectivity index (χ4n) is 2.04. The molecule has 0 atom stereocenters. The molecule has 1 aromatic rings. The predicted molar refractivity (Wildman–Crippen MR) is 78.3 cm³/mol. The molecule has 7 nitrogen and oxygen atoms in total. The van der Waals surface area contributed by atoms with Crippen LogP contribution in [0.3, 0.4) is 0 Å². The number of amides is 1. The minimum absolute atomic E-state index is 0.128. The zero-order chi connectivity index (χ0) is 16.5. The summed E-state index contributed by atoms with van der Waals surface area (Å²) < 4.78 is 18.3. The van der Waals surface area contributed by atoms with Crippen LogP contribution in [-0.2, 0) is 4.74 Å². The predicted octanol–water partition coefficient (Wildman–Crippen LogP) is 2.77. The minimum atomic E-state index is -0.666. The van der Waals surface area contributed by atoms with Crippen molar-refractivity contribution in [1.82, 2.24) is 4.90 Å². The molecule has 0 bridgehead atoms. The highest BCUT2D eigenvalue weighted by Crippen LogP contribution is 2.27. The van der Waals surface area contributed by atoms with Gasteiger partial charge in [-0.15, -0.1) is 0 Å². The lowest BCUT2D eigenvalue weighted by atomic mass is 10.1. The lowest BCUT2D eigenvalue weighted by Gasteiger charge is -2.40. The zero-order valence-electron chi connectivity index (χ0n) is 12.6. The molecule has 8 heteroatoms. The average molecular weight is 311 g/mol. The van der Waals surface area contributed by atoms with E-state index < -0.39 is 22.4 Å². The van der Waals surface area contributed by atoms with Gasteiger partial charge in [0.25, 0.3) is 5.69 Å². The van der Waals surface area contributed by atoms with E-state index in [0.717, 1.165) is 12.1 Å². The quantitative estimate of drug-likeness (QED) is 0.685. The molecule has 1 N–H and O–H groups in total. The van der Waals surface area contributed by atoms with Crippen LogP contribution in [0.1, 0.15) is 20.8 Å². The number of hydrogen-bond acceptors (Lipinski definition) is 5. The number of carbonyl (C=O) groups excluding carboxylic acids is 1. The maximum Gasteiger partial charge on any atom is 0.410 e. The van der Waals surface area contributed by atoms with Crippen molar-refractivity contribution >= 4 is 17.5 Å². The van der Waals surface area contributed by atoms with Crippen molar-refractivity contribution in [1.29, 1.82) is 0 Å². The SMILES string of the molecule is CC(C)(C)OC(=O)N1CC(Nc2ccc(F)cc2[N+](=O)[O-])C1. The fourth-order valence-corrected chi connectivity index (χ4v) is 2.04. The lowest BCUT2D eigenvalue weighted by Crippen LogP contribution is -2.57. The van der Waals surface area contributed by atoms with Gasteiger partial charge in [0, 0.05) is 13.1 Å². The van der Waals surface area contributed by atoms with Crippen molar-refractivity contribution in [2.24, 2.45) is 0 Å². The number of ether oxygens (including phenoxy) is 1. The second-order valence-corrected chi connectivity index (χ2v) is 6.15. The fraction of sp³-hybridized carbons (Fsp3) is 0.500. The topological polar surface area (TPSA) is 84.7 Å². The third-order valence-corrected chi connectivity index (χ3v) is 3.05. The number of hydrogen-bond donors (Lipinski definition) is 1. The molecular weight excluding hydrogens is 293 g/mol. The van der Waals surface area contributed by atoms with E-state index in [2.05, 4.69) is 5.32 Å². The number of nitrogens with zero attached hydrogens (tertiary/aromatic N) is 2. The van der Waals surface area contributed by atoms with Gasteiger partial charge in [0.15, 0.2) is 0 Å². The molecule has 2 rings (SSSR count). The number of halogens is 1. The summed E-state index contributed by atoms with van der Waals surface area (Å²) in [5.41, 5.74) is -0.651. The largest absolute Gasteiger partial charge is 0.444 e. The second kappa shape index (κ2) is 5.78. The van der Waals surface area contributed by atoms with Crippen LogP contribution < -0.4 is 5.32 Å². The zero-order valence-corrected chi connectivity index (χ0v) is 12.6. The van der Waals surface area contributed by atoms with Crippen LogP contribution in [0.25, 0.3) is 0 Å². The average Bonchev–Trinajstić information content (AvgIpc) is 2.31. The molecule has 0 radical (unpaired) electrons. The maximum atomic E-state index is 13.1. The first kappa shape index (κ1) is 16.0. The van der Waals surface area contributed by atoms with Gasteiger partial charge in [-0.1, -0.05) is 0 Å². The molecule has 1 amide bonds. The molecule has 1 aliphatic heterocycles. The Bertz CT molecular complexity index is 594. The Morgan fingerprint density at radius 1 is 1.45 bits per heavy atom. The maximum absolute atomic E-state index is 13.1. The Morgan fingerprint density at radius 2 is 2.09 bits per heavy atom. The number of benzene rings is 1. The van der Waals surface area contributed by atoms with Crippen LogP contribution in [0.4, 0.5) is 20.6 Å². The number of nitrogens with one attached hydrogen (secondary N) is 1. The third-order valence-electron chi connectivity index (χ3n) is 3.05. The first-order valence-electron chi connectivity index (χ1n) is 6.84. The van der Waals surface area contributed by atoms with Crippen molar-refractivity contribution in [2.45, 2.75) is 32.4 Å². The summed E-state index contributed by atoms with van der Waals surface area (Å²) in [4.78, 5) is 23.5. The van der Waals surface area contributed by atoms with Gasteiger partial charge < -0.3 is 15.0 Å². The van der Waals surface area contributed by atoms with Gasteiger partial charge in [0.1, 0.15) is 17.1 Å². The summed E-state index contributed by atoms with van der Waals surface area (Å²) in [6.45, 7) is 6.10. The highest BCUT2D eigenvalue weighted by molar-refractivity contribution is 5.70. The van der Waals surface area contributed by atoms with E-state index in [4.69, 9.17) is 4.74 Å². The van der Waals surface area contributed by atoms with Gasteiger partial charge in [-0.25, -0.2) is 9.18 Å². The smallest absolute Gasteiger partial charge is 0.410 e. The van der Waals surface area contributed by atoms with Gasteiger partial charge in [-0.05, 0) is 32.9 Å². The van der Waals surface area contributed by atoms with Crippen molar-refractivity contribution in [2.75, 3.05) is 18.4 Å². The summed E-state index contributed by atoms with van der Waals surface area (Å²) in [7, 11) is 0. The van der Waals surface area contributed by atoms with Gasteiger partial charge in [-0.3, -0.25) is 10.1 Å². The molecule has 0 aliphatic carbocycles.